The number of hydrogen-bond donors (Lipinski definition) is 3. The fourth-order valence-electron chi connectivity index (χ4n) is 2.04. The smallest absolute Gasteiger partial charge is 0.306 e. The Labute approximate surface area is 108 Å². The number of carboxylic acids is 1. The first-order chi connectivity index (χ1) is 9.00. The standard InChI is InChI=1S/C14H13FO4/c15-11-6-5-10(8-3-1-2-4-9(8)11)14(19)12(16)7-13(17)18/h1-6,12,14,16,19H,7H2,(H,17,18). The van der Waals surface area contributed by atoms with Gasteiger partial charge >= 0.3 is 5.97 Å². The van der Waals surface area contributed by atoms with Crippen LogP contribution >= 0.6 is 0 Å². The molecule has 2 aromatic rings. The molecule has 2 unspecified atom stereocenters. The summed E-state index contributed by atoms with van der Waals surface area (Å²) >= 11 is 0. The molecule has 0 fully saturated rings. The molecule has 0 heterocycles. The number of aliphatic carboxylic acids is 1. The topological polar surface area (TPSA) is 77.8 Å². The Kier molecular flexibility index (Phi) is 3.78. The average Bonchev–Trinajstić information content (AvgIpc) is 2.38. The summed E-state index contributed by atoms with van der Waals surface area (Å²) < 4.78 is 13.6. The van der Waals surface area contributed by atoms with Crippen LogP contribution in [-0.2, 0) is 4.79 Å². The average molecular weight is 264 g/mol. The van der Waals surface area contributed by atoms with E-state index >= 15 is 0 Å². The zero-order chi connectivity index (χ0) is 14.0. The molecular formula is C14H13FO4. The molecule has 0 radical (unpaired) electrons. The van der Waals surface area contributed by atoms with E-state index in [0.717, 1.165) is 0 Å². The summed E-state index contributed by atoms with van der Waals surface area (Å²) in [5, 5.41) is 29.0. The minimum Gasteiger partial charge on any atom is -0.481 e. The molecule has 0 saturated carbocycles. The SMILES string of the molecule is O=C(O)CC(O)C(O)c1ccc(F)c2ccccc12. The fourth-order valence-corrected chi connectivity index (χ4v) is 2.04. The number of fused-ring (bicyclic) bond motifs is 1. The van der Waals surface area contributed by atoms with E-state index in [4.69, 9.17) is 5.11 Å². The Bertz CT molecular complexity index is 611. The zero-order valence-corrected chi connectivity index (χ0v) is 9.95. The normalized spacial score (nSPS) is 14.3. The van der Waals surface area contributed by atoms with E-state index in [1.807, 2.05) is 0 Å². The molecule has 0 bridgehead atoms. The summed E-state index contributed by atoms with van der Waals surface area (Å²) in [7, 11) is 0. The number of carbonyl (C=O) groups is 1. The third-order valence-electron chi connectivity index (χ3n) is 2.97. The van der Waals surface area contributed by atoms with Crippen molar-refractivity contribution in [3.63, 3.8) is 0 Å². The molecule has 4 nitrogen and oxygen atoms in total. The van der Waals surface area contributed by atoms with Crippen LogP contribution in [0.1, 0.15) is 18.1 Å². The van der Waals surface area contributed by atoms with Gasteiger partial charge in [-0.1, -0.05) is 30.3 Å². The van der Waals surface area contributed by atoms with Crippen molar-refractivity contribution in [2.24, 2.45) is 0 Å². The van der Waals surface area contributed by atoms with Crippen molar-refractivity contribution in [1.29, 1.82) is 0 Å². The van der Waals surface area contributed by atoms with Gasteiger partial charge in [-0.25, -0.2) is 4.39 Å². The lowest BCUT2D eigenvalue weighted by atomic mass is 9.96. The highest BCUT2D eigenvalue weighted by atomic mass is 19.1. The lowest BCUT2D eigenvalue weighted by Gasteiger charge is -2.18. The van der Waals surface area contributed by atoms with Crippen LogP contribution in [0.3, 0.4) is 0 Å². The van der Waals surface area contributed by atoms with Gasteiger partial charge in [-0.3, -0.25) is 4.79 Å². The van der Waals surface area contributed by atoms with E-state index < -0.39 is 30.4 Å². The molecule has 2 rings (SSSR count). The van der Waals surface area contributed by atoms with Gasteiger partial charge in [-0.05, 0) is 17.0 Å². The van der Waals surface area contributed by atoms with Crippen molar-refractivity contribution in [3.05, 3.63) is 47.8 Å². The molecule has 0 aliphatic carbocycles. The first-order valence-electron chi connectivity index (χ1n) is 5.75. The lowest BCUT2D eigenvalue weighted by molar-refractivity contribution is -0.141. The van der Waals surface area contributed by atoms with Gasteiger partial charge in [0.25, 0.3) is 0 Å². The van der Waals surface area contributed by atoms with Gasteiger partial charge < -0.3 is 15.3 Å². The largest absolute Gasteiger partial charge is 0.481 e. The van der Waals surface area contributed by atoms with Gasteiger partial charge in [0.05, 0.1) is 12.5 Å². The Hall–Kier alpha value is -1.98. The molecule has 19 heavy (non-hydrogen) atoms. The van der Waals surface area contributed by atoms with Crippen molar-refractivity contribution in [2.45, 2.75) is 18.6 Å². The molecule has 0 saturated heterocycles. The van der Waals surface area contributed by atoms with Gasteiger partial charge in [0, 0.05) is 5.39 Å². The summed E-state index contributed by atoms with van der Waals surface area (Å²) in [6.07, 6.45) is -3.39. The quantitative estimate of drug-likeness (QED) is 0.787. The second-order valence-corrected chi connectivity index (χ2v) is 4.29. The third kappa shape index (κ3) is 2.72. The van der Waals surface area contributed by atoms with Crippen LogP contribution in [0.2, 0.25) is 0 Å². The van der Waals surface area contributed by atoms with Gasteiger partial charge in [0.1, 0.15) is 11.9 Å². The summed E-state index contributed by atoms with van der Waals surface area (Å²) in [6, 6.07) is 9.06. The fraction of sp³-hybridized carbons (Fsp3) is 0.214. The first kappa shape index (κ1) is 13.5. The van der Waals surface area contributed by atoms with Crippen LogP contribution in [0.25, 0.3) is 10.8 Å². The molecule has 5 heteroatoms. The van der Waals surface area contributed by atoms with Gasteiger partial charge in [-0.15, -0.1) is 0 Å². The van der Waals surface area contributed by atoms with Gasteiger partial charge in [-0.2, -0.15) is 0 Å². The Balaban J connectivity index is 2.45. The lowest BCUT2D eigenvalue weighted by Crippen LogP contribution is -2.22. The first-order valence-corrected chi connectivity index (χ1v) is 5.75. The van der Waals surface area contributed by atoms with Gasteiger partial charge in [0.2, 0.25) is 0 Å². The number of benzene rings is 2. The van der Waals surface area contributed by atoms with Gasteiger partial charge in [0.15, 0.2) is 0 Å². The predicted octanol–water partition coefficient (Wildman–Crippen LogP) is 1.85. The molecular weight excluding hydrogens is 251 g/mol. The molecule has 100 valence electrons. The van der Waals surface area contributed by atoms with Crippen LogP contribution in [0.5, 0.6) is 0 Å². The minimum atomic E-state index is -1.44. The maximum atomic E-state index is 13.6. The number of carboxylic acid groups (broad SMARTS) is 1. The van der Waals surface area contributed by atoms with E-state index in [0.29, 0.717) is 16.3 Å². The van der Waals surface area contributed by atoms with Crippen molar-refractivity contribution in [2.75, 3.05) is 0 Å². The summed E-state index contributed by atoms with van der Waals surface area (Å²) in [4.78, 5) is 10.5. The number of aliphatic hydroxyl groups is 2. The number of hydrogen-bond acceptors (Lipinski definition) is 3. The number of halogens is 1. The van der Waals surface area contributed by atoms with Crippen LogP contribution in [-0.4, -0.2) is 27.4 Å². The maximum Gasteiger partial charge on any atom is 0.306 e. The second-order valence-electron chi connectivity index (χ2n) is 4.29. The predicted molar refractivity (Wildman–Crippen MR) is 67.1 cm³/mol. The molecule has 2 atom stereocenters. The highest BCUT2D eigenvalue weighted by Crippen LogP contribution is 2.28. The molecule has 0 spiro atoms. The molecule has 0 aromatic heterocycles. The molecule has 2 aromatic carbocycles. The molecule has 0 aliphatic heterocycles. The van der Waals surface area contributed by atoms with E-state index in [1.54, 1.807) is 24.3 Å². The number of aliphatic hydroxyl groups excluding tert-OH is 2. The second kappa shape index (κ2) is 5.34. The minimum absolute atomic E-state index is 0.311. The maximum absolute atomic E-state index is 13.6. The van der Waals surface area contributed by atoms with Crippen molar-refractivity contribution >= 4 is 16.7 Å². The highest BCUT2D eigenvalue weighted by molar-refractivity contribution is 5.86. The Morgan fingerprint density at radius 1 is 1.11 bits per heavy atom. The monoisotopic (exact) mass is 264 g/mol. The van der Waals surface area contributed by atoms with Crippen LogP contribution in [0, 0.1) is 5.82 Å². The van der Waals surface area contributed by atoms with Crippen LogP contribution in [0.4, 0.5) is 4.39 Å². The zero-order valence-electron chi connectivity index (χ0n) is 9.95. The highest BCUT2D eigenvalue weighted by Gasteiger charge is 2.23. The molecule has 3 N–H and O–H groups in total. The van der Waals surface area contributed by atoms with Crippen LogP contribution < -0.4 is 0 Å². The Morgan fingerprint density at radius 3 is 2.37 bits per heavy atom. The van der Waals surface area contributed by atoms with E-state index in [2.05, 4.69) is 0 Å². The Morgan fingerprint density at radius 2 is 1.74 bits per heavy atom. The summed E-state index contributed by atoms with van der Waals surface area (Å²) in [6.45, 7) is 0. The molecule has 0 aliphatic rings. The molecule has 0 amide bonds. The summed E-state index contributed by atoms with van der Waals surface area (Å²) in [5.41, 5.74) is 0.311. The van der Waals surface area contributed by atoms with E-state index in [-0.39, 0.29) is 0 Å². The van der Waals surface area contributed by atoms with Crippen molar-refractivity contribution in [3.8, 4) is 0 Å². The van der Waals surface area contributed by atoms with Crippen molar-refractivity contribution < 1.29 is 24.5 Å². The van der Waals surface area contributed by atoms with Crippen molar-refractivity contribution in [1.82, 2.24) is 0 Å². The summed E-state index contributed by atoms with van der Waals surface area (Å²) in [5.74, 6) is -1.64. The van der Waals surface area contributed by atoms with Crippen LogP contribution in [0.15, 0.2) is 36.4 Å². The van der Waals surface area contributed by atoms with E-state index in [9.17, 15) is 19.4 Å². The number of rotatable bonds is 4. The van der Waals surface area contributed by atoms with E-state index in [1.165, 1.54) is 12.1 Å². The third-order valence-corrected chi connectivity index (χ3v) is 2.97.